The Labute approximate surface area is 134 Å². The van der Waals surface area contributed by atoms with Crippen LogP contribution < -0.4 is 0 Å². The minimum Gasteiger partial charge on any atom is -0.207 e. The molecule has 21 heavy (non-hydrogen) atoms. The van der Waals surface area contributed by atoms with Gasteiger partial charge in [0.05, 0.1) is 4.90 Å². The van der Waals surface area contributed by atoms with Crippen LogP contribution in [0.15, 0.2) is 46.7 Å². The summed E-state index contributed by atoms with van der Waals surface area (Å²) in [5.74, 6) is 0. The monoisotopic (exact) mass is 341 g/mol. The molecule has 3 rings (SSSR count). The van der Waals surface area contributed by atoms with Crippen LogP contribution in [0.1, 0.15) is 17.7 Å². The lowest BCUT2D eigenvalue weighted by atomic mass is 10.3. The zero-order valence-electron chi connectivity index (χ0n) is 11.4. The lowest BCUT2D eigenvalue weighted by molar-refractivity contribution is 0.408. The molecule has 0 N–H and O–H groups in total. The third-order valence-electron chi connectivity index (χ3n) is 3.53. The van der Waals surface area contributed by atoms with E-state index in [0.717, 1.165) is 19.3 Å². The number of thiophene rings is 1. The molecule has 0 saturated heterocycles. The van der Waals surface area contributed by atoms with Crippen molar-refractivity contribution >= 4 is 33.0 Å². The molecule has 1 aromatic carbocycles. The number of hydrogen-bond donors (Lipinski definition) is 0. The molecule has 0 unspecified atom stereocenters. The van der Waals surface area contributed by atoms with E-state index < -0.39 is 10.0 Å². The van der Waals surface area contributed by atoms with Gasteiger partial charge in [-0.25, -0.2) is 8.42 Å². The van der Waals surface area contributed by atoms with Crippen molar-refractivity contribution in [3.05, 3.63) is 51.7 Å². The van der Waals surface area contributed by atoms with Gasteiger partial charge in [-0.2, -0.15) is 4.31 Å². The van der Waals surface area contributed by atoms with Gasteiger partial charge in [-0.05, 0) is 55.0 Å². The summed E-state index contributed by atoms with van der Waals surface area (Å²) in [5.41, 5.74) is 0. The van der Waals surface area contributed by atoms with Gasteiger partial charge in [0, 0.05) is 22.5 Å². The van der Waals surface area contributed by atoms with Crippen LogP contribution in [0.25, 0.3) is 0 Å². The number of rotatable bonds is 6. The molecule has 0 amide bonds. The Hall–Kier alpha value is -0.880. The van der Waals surface area contributed by atoms with Gasteiger partial charge in [0.2, 0.25) is 10.0 Å². The Kier molecular flexibility index (Phi) is 4.36. The number of nitrogens with zero attached hydrogens (tertiary/aromatic N) is 1. The van der Waals surface area contributed by atoms with Crippen molar-refractivity contribution in [3.63, 3.8) is 0 Å². The van der Waals surface area contributed by atoms with E-state index >= 15 is 0 Å². The van der Waals surface area contributed by atoms with Crippen LogP contribution in [-0.4, -0.2) is 25.3 Å². The van der Waals surface area contributed by atoms with Crippen molar-refractivity contribution in [3.8, 4) is 0 Å². The van der Waals surface area contributed by atoms with Crippen molar-refractivity contribution in [2.24, 2.45) is 0 Å². The van der Waals surface area contributed by atoms with E-state index in [2.05, 4.69) is 0 Å². The molecular weight excluding hydrogens is 326 g/mol. The van der Waals surface area contributed by atoms with E-state index in [9.17, 15) is 8.42 Å². The van der Waals surface area contributed by atoms with Crippen LogP contribution in [-0.2, 0) is 16.4 Å². The molecule has 0 radical (unpaired) electrons. The van der Waals surface area contributed by atoms with E-state index in [-0.39, 0.29) is 6.04 Å². The molecule has 0 spiro atoms. The fraction of sp³-hybridized carbons (Fsp3) is 0.333. The summed E-state index contributed by atoms with van der Waals surface area (Å²) in [6.07, 6.45) is 2.68. The fourth-order valence-corrected chi connectivity index (χ4v) is 4.79. The first-order chi connectivity index (χ1) is 10.1. The Bertz CT molecular complexity index is 692. The summed E-state index contributed by atoms with van der Waals surface area (Å²) in [5, 5.41) is 2.57. The molecule has 112 valence electrons. The highest BCUT2D eigenvalue weighted by molar-refractivity contribution is 7.89. The molecule has 6 heteroatoms. The Morgan fingerprint density at radius 1 is 1.19 bits per heavy atom. The Balaban J connectivity index is 1.80. The van der Waals surface area contributed by atoms with Gasteiger partial charge in [0.25, 0.3) is 0 Å². The van der Waals surface area contributed by atoms with E-state index in [1.54, 1.807) is 39.9 Å². The quantitative estimate of drug-likeness (QED) is 0.801. The van der Waals surface area contributed by atoms with E-state index in [1.807, 2.05) is 17.5 Å². The molecule has 1 saturated carbocycles. The fourth-order valence-electron chi connectivity index (χ4n) is 2.28. The predicted molar refractivity (Wildman–Crippen MR) is 86.4 cm³/mol. The predicted octanol–water partition coefficient (Wildman–Crippen LogP) is 3.80. The summed E-state index contributed by atoms with van der Waals surface area (Å²) >= 11 is 7.50. The molecule has 1 aliphatic carbocycles. The van der Waals surface area contributed by atoms with Crippen molar-refractivity contribution in [2.45, 2.75) is 30.2 Å². The lowest BCUT2D eigenvalue weighted by Crippen LogP contribution is -2.34. The maximum atomic E-state index is 12.8. The summed E-state index contributed by atoms with van der Waals surface area (Å²) in [4.78, 5) is 1.54. The highest BCUT2D eigenvalue weighted by Crippen LogP contribution is 2.32. The Morgan fingerprint density at radius 2 is 1.90 bits per heavy atom. The third-order valence-corrected chi connectivity index (χ3v) is 6.69. The van der Waals surface area contributed by atoms with Gasteiger partial charge in [-0.1, -0.05) is 17.7 Å². The molecular formula is C15H16ClNO2S2. The van der Waals surface area contributed by atoms with Gasteiger partial charge in [-0.15, -0.1) is 11.3 Å². The lowest BCUT2D eigenvalue weighted by Gasteiger charge is -2.21. The smallest absolute Gasteiger partial charge is 0.207 e. The van der Waals surface area contributed by atoms with Crippen molar-refractivity contribution < 1.29 is 8.42 Å². The average Bonchev–Trinajstić information content (AvgIpc) is 3.14. The standard InChI is InChI=1S/C15H16ClNO2S2/c16-12-3-7-15(8-4-12)21(18,19)17(13-5-6-13)10-9-14-2-1-11-20-14/h1-4,7-8,11,13H,5-6,9-10H2. The summed E-state index contributed by atoms with van der Waals surface area (Å²) in [6, 6.07) is 10.6. The minimum absolute atomic E-state index is 0.158. The minimum atomic E-state index is -3.43. The van der Waals surface area contributed by atoms with Gasteiger partial charge >= 0.3 is 0 Å². The van der Waals surface area contributed by atoms with Crippen molar-refractivity contribution in [2.75, 3.05) is 6.54 Å². The number of benzene rings is 1. The van der Waals surface area contributed by atoms with Crippen LogP contribution in [0, 0.1) is 0 Å². The van der Waals surface area contributed by atoms with Crippen LogP contribution in [0.4, 0.5) is 0 Å². The number of halogens is 1. The van der Waals surface area contributed by atoms with E-state index in [4.69, 9.17) is 11.6 Å². The maximum absolute atomic E-state index is 12.8. The SMILES string of the molecule is O=S(=O)(c1ccc(Cl)cc1)N(CCc1cccs1)C1CC1. The maximum Gasteiger partial charge on any atom is 0.243 e. The zero-order chi connectivity index (χ0) is 14.9. The van der Waals surface area contributed by atoms with Gasteiger partial charge < -0.3 is 0 Å². The molecule has 1 fully saturated rings. The molecule has 0 aliphatic heterocycles. The van der Waals surface area contributed by atoms with Gasteiger partial charge in [0.15, 0.2) is 0 Å². The average molecular weight is 342 g/mol. The number of sulfonamides is 1. The summed E-state index contributed by atoms with van der Waals surface area (Å²) < 4.78 is 27.2. The van der Waals surface area contributed by atoms with Crippen molar-refractivity contribution in [1.82, 2.24) is 4.31 Å². The largest absolute Gasteiger partial charge is 0.243 e. The van der Waals surface area contributed by atoms with E-state index in [0.29, 0.717) is 16.5 Å². The Morgan fingerprint density at radius 3 is 2.48 bits per heavy atom. The van der Waals surface area contributed by atoms with E-state index in [1.165, 1.54) is 4.88 Å². The molecule has 2 aromatic rings. The van der Waals surface area contributed by atoms with Crippen LogP contribution in [0.2, 0.25) is 5.02 Å². The van der Waals surface area contributed by atoms with Crippen LogP contribution in [0.3, 0.4) is 0 Å². The van der Waals surface area contributed by atoms with Crippen molar-refractivity contribution in [1.29, 1.82) is 0 Å². The summed E-state index contributed by atoms with van der Waals surface area (Å²) in [7, 11) is -3.43. The highest BCUT2D eigenvalue weighted by atomic mass is 35.5. The first-order valence-corrected chi connectivity index (χ1v) is 9.57. The normalized spacial score (nSPS) is 15.5. The second-order valence-corrected chi connectivity index (χ2v) is 8.49. The molecule has 1 heterocycles. The molecule has 1 aromatic heterocycles. The zero-order valence-corrected chi connectivity index (χ0v) is 13.8. The number of hydrogen-bond acceptors (Lipinski definition) is 3. The van der Waals surface area contributed by atoms with Crippen LogP contribution >= 0.6 is 22.9 Å². The van der Waals surface area contributed by atoms with Gasteiger partial charge in [0.1, 0.15) is 0 Å². The molecule has 3 nitrogen and oxygen atoms in total. The summed E-state index contributed by atoms with van der Waals surface area (Å²) in [6.45, 7) is 0.538. The topological polar surface area (TPSA) is 37.4 Å². The van der Waals surface area contributed by atoms with Crippen LogP contribution in [0.5, 0.6) is 0 Å². The molecule has 1 aliphatic rings. The first-order valence-electron chi connectivity index (χ1n) is 6.87. The first kappa shape index (κ1) is 15.0. The highest BCUT2D eigenvalue weighted by Gasteiger charge is 2.37. The second kappa shape index (κ2) is 6.08. The molecule has 0 atom stereocenters. The molecule has 0 bridgehead atoms. The second-order valence-electron chi connectivity index (χ2n) is 5.13. The van der Waals surface area contributed by atoms with Gasteiger partial charge in [-0.3, -0.25) is 0 Å². The third kappa shape index (κ3) is 3.48.